The van der Waals surface area contributed by atoms with Crippen LogP contribution >= 0.6 is 0 Å². The molecule has 0 aromatic heterocycles. The quantitative estimate of drug-likeness (QED) is 0.670. The molecule has 25 heavy (non-hydrogen) atoms. The molecule has 1 saturated carbocycles. The molecule has 1 aromatic rings. The zero-order valence-electron chi connectivity index (χ0n) is 15.3. The number of nitrogens with zero attached hydrogens (tertiary/aromatic N) is 2. The summed E-state index contributed by atoms with van der Waals surface area (Å²) in [6, 6.07) is 12.6. The normalized spacial score (nSPS) is 16.2. The second-order valence-corrected chi connectivity index (χ2v) is 6.99. The molecular weight excluding hydrogens is 314 g/mol. The summed E-state index contributed by atoms with van der Waals surface area (Å²) < 4.78 is 5.16. The summed E-state index contributed by atoms with van der Waals surface area (Å²) in [5.41, 5.74) is 0.582. The van der Waals surface area contributed by atoms with E-state index in [0.717, 1.165) is 32.2 Å². The zero-order valence-corrected chi connectivity index (χ0v) is 15.3. The Morgan fingerprint density at radius 1 is 1.36 bits per heavy atom. The molecule has 0 spiro atoms. The van der Waals surface area contributed by atoms with E-state index in [4.69, 9.17) is 4.74 Å². The summed E-state index contributed by atoms with van der Waals surface area (Å²) in [5.74, 6) is 0.221. The number of hydrogen-bond acceptors (Lipinski definition) is 4. The Hall–Kier alpha value is -1.90. The van der Waals surface area contributed by atoms with Crippen LogP contribution in [0.5, 0.6) is 0 Å². The molecule has 2 rings (SSSR count). The number of aryl methyl sites for hydroxylation is 1. The Kier molecular flexibility index (Phi) is 7.42. The van der Waals surface area contributed by atoms with Crippen LogP contribution in [0.1, 0.15) is 31.7 Å². The van der Waals surface area contributed by atoms with Gasteiger partial charge < -0.3 is 10.1 Å². The predicted octanol–water partition coefficient (Wildman–Crippen LogP) is 2.38. The van der Waals surface area contributed by atoms with Gasteiger partial charge in [0.1, 0.15) is 5.54 Å². The summed E-state index contributed by atoms with van der Waals surface area (Å²) in [6.45, 7) is 4.28. The highest BCUT2D eigenvalue weighted by Gasteiger charge is 2.43. The first kappa shape index (κ1) is 19.4. The van der Waals surface area contributed by atoms with Crippen LogP contribution < -0.4 is 5.32 Å². The number of benzene rings is 1. The zero-order chi connectivity index (χ0) is 18.1. The van der Waals surface area contributed by atoms with E-state index in [2.05, 4.69) is 28.4 Å². The molecule has 0 unspecified atom stereocenters. The summed E-state index contributed by atoms with van der Waals surface area (Å²) in [6.07, 6.45) is 4.02. The first-order chi connectivity index (χ1) is 12.1. The number of ether oxygens (including phenoxy) is 1. The lowest BCUT2D eigenvalue weighted by molar-refractivity contribution is -0.123. The van der Waals surface area contributed by atoms with Crippen molar-refractivity contribution in [1.29, 1.82) is 5.26 Å². The van der Waals surface area contributed by atoms with Crippen LogP contribution in [0.2, 0.25) is 0 Å². The Morgan fingerprint density at radius 3 is 2.68 bits per heavy atom. The number of methoxy groups -OCH3 is 1. The van der Waals surface area contributed by atoms with Crippen molar-refractivity contribution in [1.82, 2.24) is 10.2 Å². The lowest BCUT2D eigenvalue weighted by Gasteiger charge is -2.26. The molecule has 0 heterocycles. The van der Waals surface area contributed by atoms with Gasteiger partial charge in [-0.1, -0.05) is 30.3 Å². The predicted molar refractivity (Wildman–Crippen MR) is 98.0 cm³/mol. The lowest BCUT2D eigenvalue weighted by Crippen LogP contribution is -2.50. The fourth-order valence-corrected chi connectivity index (χ4v) is 3.06. The van der Waals surface area contributed by atoms with Crippen LogP contribution in [0.15, 0.2) is 30.3 Å². The number of carbonyl (C=O) groups is 1. The molecule has 1 fully saturated rings. The highest BCUT2D eigenvalue weighted by Crippen LogP contribution is 2.39. The van der Waals surface area contributed by atoms with Gasteiger partial charge in [0, 0.05) is 13.7 Å². The molecule has 5 heteroatoms. The first-order valence-electron chi connectivity index (χ1n) is 9.05. The van der Waals surface area contributed by atoms with E-state index in [-0.39, 0.29) is 5.91 Å². The Labute approximate surface area is 151 Å². The molecule has 0 radical (unpaired) electrons. The molecule has 0 aliphatic heterocycles. The van der Waals surface area contributed by atoms with E-state index in [1.807, 2.05) is 25.1 Å². The topological polar surface area (TPSA) is 65.4 Å². The third kappa shape index (κ3) is 6.49. The maximum absolute atomic E-state index is 12.4. The second kappa shape index (κ2) is 9.55. The van der Waals surface area contributed by atoms with Crippen molar-refractivity contribution >= 4 is 5.91 Å². The minimum atomic E-state index is -0.728. The van der Waals surface area contributed by atoms with E-state index < -0.39 is 5.54 Å². The van der Waals surface area contributed by atoms with E-state index in [1.54, 1.807) is 7.11 Å². The van der Waals surface area contributed by atoms with Crippen molar-refractivity contribution in [3.8, 4) is 6.07 Å². The lowest BCUT2D eigenvalue weighted by atomic mass is 9.98. The highest BCUT2D eigenvalue weighted by molar-refractivity contribution is 5.79. The summed E-state index contributed by atoms with van der Waals surface area (Å²) in [4.78, 5) is 14.5. The number of nitriles is 1. The van der Waals surface area contributed by atoms with Crippen LogP contribution in [-0.2, 0) is 16.0 Å². The molecule has 1 aliphatic carbocycles. The first-order valence-corrected chi connectivity index (χ1v) is 9.05. The number of nitrogens with one attached hydrogen (secondary N) is 1. The van der Waals surface area contributed by atoms with Gasteiger partial charge in [-0.05, 0) is 50.6 Å². The molecule has 1 amide bonds. The maximum atomic E-state index is 12.4. The average Bonchev–Trinajstić information content (AvgIpc) is 3.46. The van der Waals surface area contributed by atoms with Crippen molar-refractivity contribution in [2.75, 3.05) is 33.4 Å². The van der Waals surface area contributed by atoms with E-state index >= 15 is 0 Å². The number of carbonyl (C=O) groups excluding carboxylic acids is 1. The van der Waals surface area contributed by atoms with E-state index in [9.17, 15) is 10.1 Å². The van der Waals surface area contributed by atoms with Gasteiger partial charge in [0.15, 0.2) is 0 Å². The summed E-state index contributed by atoms with van der Waals surface area (Å²) in [7, 11) is 1.67. The van der Waals surface area contributed by atoms with Crippen LogP contribution in [0, 0.1) is 17.2 Å². The van der Waals surface area contributed by atoms with Gasteiger partial charge in [0.25, 0.3) is 0 Å². The minimum absolute atomic E-state index is 0.0771. The molecule has 136 valence electrons. The number of rotatable bonds is 11. The number of amides is 1. The fourth-order valence-electron chi connectivity index (χ4n) is 3.06. The van der Waals surface area contributed by atoms with Crippen LogP contribution in [0.4, 0.5) is 0 Å². The molecule has 5 nitrogen and oxygen atoms in total. The standard InChI is InChI=1S/C20H29N3O2/c1-20(16-21,18-10-11-18)22-19(24)15-23(13-14-25-2)12-6-9-17-7-4-3-5-8-17/h3-5,7-8,18H,6,9-15H2,1-2H3,(H,22,24)/t20-/m1/s1. The van der Waals surface area contributed by atoms with Crippen LogP contribution in [-0.4, -0.2) is 49.7 Å². The molecule has 1 N–H and O–H groups in total. The van der Waals surface area contributed by atoms with Crippen LogP contribution in [0.3, 0.4) is 0 Å². The fraction of sp³-hybridized carbons (Fsp3) is 0.600. The van der Waals surface area contributed by atoms with Crippen molar-refractivity contribution in [3.05, 3.63) is 35.9 Å². The van der Waals surface area contributed by atoms with Gasteiger partial charge in [-0.15, -0.1) is 0 Å². The van der Waals surface area contributed by atoms with Crippen LogP contribution in [0.25, 0.3) is 0 Å². The van der Waals surface area contributed by atoms with Gasteiger partial charge in [-0.2, -0.15) is 5.26 Å². The van der Waals surface area contributed by atoms with Crippen molar-refractivity contribution in [2.45, 2.75) is 38.1 Å². The van der Waals surface area contributed by atoms with Crippen molar-refractivity contribution < 1.29 is 9.53 Å². The average molecular weight is 343 g/mol. The van der Waals surface area contributed by atoms with Gasteiger partial charge in [-0.3, -0.25) is 9.69 Å². The third-order valence-electron chi connectivity index (χ3n) is 4.79. The molecule has 0 bridgehead atoms. The molecule has 1 atom stereocenters. The Bertz CT molecular complexity index is 580. The molecular formula is C20H29N3O2. The largest absolute Gasteiger partial charge is 0.383 e. The van der Waals surface area contributed by atoms with E-state index in [1.165, 1.54) is 5.56 Å². The Morgan fingerprint density at radius 2 is 2.08 bits per heavy atom. The van der Waals surface area contributed by atoms with Gasteiger partial charge in [-0.25, -0.2) is 0 Å². The maximum Gasteiger partial charge on any atom is 0.235 e. The molecule has 1 aliphatic rings. The molecule has 1 aromatic carbocycles. The monoisotopic (exact) mass is 343 g/mol. The summed E-state index contributed by atoms with van der Waals surface area (Å²) >= 11 is 0. The van der Waals surface area contributed by atoms with Gasteiger partial charge >= 0.3 is 0 Å². The van der Waals surface area contributed by atoms with Crippen molar-refractivity contribution in [3.63, 3.8) is 0 Å². The van der Waals surface area contributed by atoms with Gasteiger partial charge in [0.05, 0.1) is 19.2 Å². The minimum Gasteiger partial charge on any atom is -0.383 e. The summed E-state index contributed by atoms with van der Waals surface area (Å²) in [5, 5.41) is 12.3. The highest BCUT2D eigenvalue weighted by atomic mass is 16.5. The van der Waals surface area contributed by atoms with E-state index in [0.29, 0.717) is 25.6 Å². The third-order valence-corrected chi connectivity index (χ3v) is 4.79. The second-order valence-electron chi connectivity index (χ2n) is 6.99. The van der Waals surface area contributed by atoms with Crippen molar-refractivity contribution in [2.24, 2.45) is 5.92 Å². The van der Waals surface area contributed by atoms with Gasteiger partial charge in [0.2, 0.25) is 5.91 Å². The number of hydrogen-bond donors (Lipinski definition) is 1. The molecule has 0 saturated heterocycles. The smallest absolute Gasteiger partial charge is 0.235 e. The Balaban J connectivity index is 1.81. The SMILES string of the molecule is COCCN(CCCc1ccccc1)CC(=O)N[C@](C)(C#N)C1CC1.